The normalized spacial score (nSPS) is 17.5. The third kappa shape index (κ3) is 5.48. The molecule has 5 rings (SSSR count). The van der Waals surface area contributed by atoms with Crippen molar-refractivity contribution in [2.45, 2.75) is 38.1 Å². The number of thiophene rings is 1. The number of hydrogen-bond donors (Lipinski definition) is 4. The zero-order chi connectivity index (χ0) is 23.2. The van der Waals surface area contributed by atoms with Gasteiger partial charge in [-0.2, -0.15) is 4.98 Å². The van der Waals surface area contributed by atoms with Gasteiger partial charge in [-0.1, -0.05) is 19.3 Å². The van der Waals surface area contributed by atoms with E-state index in [9.17, 15) is 0 Å². The van der Waals surface area contributed by atoms with E-state index >= 15 is 0 Å². The highest BCUT2D eigenvalue weighted by Crippen LogP contribution is 2.30. The van der Waals surface area contributed by atoms with E-state index in [2.05, 4.69) is 38.0 Å². The lowest BCUT2D eigenvalue weighted by molar-refractivity contribution is 0.122. The number of aromatic nitrogens is 2. The summed E-state index contributed by atoms with van der Waals surface area (Å²) in [6.45, 7) is 3.38. The molecule has 8 nitrogen and oxygen atoms in total. The number of ether oxygens (including phenoxy) is 1. The Labute approximate surface area is 204 Å². The molecule has 1 aliphatic heterocycles. The summed E-state index contributed by atoms with van der Waals surface area (Å²) >= 11 is 1.66. The highest BCUT2D eigenvalue weighted by molar-refractivity contribution is 7.17. The SMILES string of the molecule is N=C/C(=C\Nc1ccc(N2CCOCC2)cc1)Nc1nc(NC2CCCCC2)c2sccc2n1. The number of hydrogen-bond acceptors (Lipinski definition) is 9. The van der Waals surface area contributed by atoms with Crippen LogP contribution in [0.2, 0.25) is 0 Å². The molecule has 4 N–H and O–H groups in total. The van der Waals surface area contributed by atoms with Crippen LogP contribution in [0.1, 0.15) is 32.1 Å². The van der Waals surface area contributed by atoms with Crippen LogP contribution in [0, 0.1) is 5.41 Å². The molecule has 3 aromatic rings. The molecule has 1 aliphatic carbocycles. The second-order valence-electron chi connectivity index (χ2n) is 8.67. The number of morpholine rings is 1. The number of nitrogens with zero attached hydrogens (tertiary/aromatic N) is 3. The summed E-state index contributed by atoms with van der Waals surface area (Å²) in [6.07, 6.45) is 9.25. The third-order valence-electron chi connectivity index (χ3n) is 6.30. The van der Waals surface area contributed by atoms with Gasteiger partial charge >= 0.3 is 0 Å². The molecular weight excluding hydrogens is 446 g/mol. The first-order valence-electron chi connectivity index (χ1n) is 12.0. The second-order valence-corrected chi connectivity index (χ2v) is 9.59. The maximum atomic E-state index is 7.85. The van der Waals surface area contributed by atoms with E-state index in [4.69, 9.17) is 15.1 Å². The van der Waals surface area contributed by atoms with Gasteiger partial charge < -0.3 is 31.0 Å². The molecule has 2 aliphatic rings. The summed E-state index contributed by atoms with van der Waals surface area (Å²) in [5.74, 6) is 1.37. The molecule has 9 heteroatoms. The van der Waals surface area contributed by atoms with Crippen LogP contribution >= 0.6 is 11.3 Å². The minimum atomic E-state index is 0.460. The van der Waals surface area contributed by atoms with Crippen molar-refractivity contribution in [3.8, 4) is 0 Å². The van der Waals surface area contributed by atoms with Gasteiger partial charge in [0.1, 0.15) is 5.82 Å². The average Bonchev–Trinajstić information content (AvgIpc) is 3.37. The number of anilines is 4. The van der Waals surface area contributed by atoms with E-state index in [1.807, 2.05) is 23.6 Å². The van der Waals surface area contributed by atoms with Gasteiger partial charge in [-0.25, -0.2) is 4.98 Å². The smallest absolute Gasteiger partial charge is 0.229 e. The van der Waals surface area contributed by atoms with Crippen molar-refractivity contribution in [3.63, 3.8) is 0 Å². The van der Waals surface area contributed by atoms with Gasteiger partial charge in [-0.15, -0.1) is 11.3 Å². The Morgan fingerprint density at radius 2 is 1.85 bits per heavy atom. The first-order valence-corrected chi connectivity index (χ1v) is 12.9. The fraction of sp³-hybridized carbons (Fsp3) is 0.400. The zero-order valence-corrected chi connectivity index (χ0v) is 20.0. The number of allylic oxidation sites excluding steroid dienone is 1. The summed E-state index contributed by atoms with van der Waals surface area (Å²) in [6, 6.07) is 10.8. The summed E-state index contributed by atoms with van der Waals surface area (Å²) in [4.78, 5) is 11.7. The monoisotopic (exact) mass is 477 g/mol. The summed E-state index contributed by atoms with van der Waals surface area (Å²) in [7, 11) is 0. The Morgan fingerprint density at radius 3 is 2.62 bits per heavy atom. The Kier molecular flexibility index (Phi) is 7.21. The highest BCUT2D eigenvalue weighted by atomic mass is 32.1. The average molecular weight is 478 g/mol. The van der Waals surface area contributed by atoms with Crippen LogP contribution in [0.25, 0.3) is 10.2 Å². The molecule has 2 aromatic heterocycles. The van der Waals surface area contributed by atoms with Crippen molar-refractivity contribution in [1.82, 2.24) is 9.97 Å². The van der Waals surface area contributed by atoms with Crippen molar-refractivity contribution in [2.75, 3.05) is 47.2 Å². The third-order valence-corrected chi connectivity index (χ3v) is 7.21. The first-order chi connectivity index (χ1) is 16.8. The van der Waals surface area contributed by atoms with Crippen LogP contribution in [-0.4, -0.2) is 48.5 Å². The fourth-order valence-corrected chi connectivity index (χ4v) is 5.24. The van der Waals surface area contributed by atoms with Crippen molar-refractivity contribution in [1.29, 1.82) is 5.41 Å². The van der Waals surface area contributed by atoms with E-state index in [1.54, 1.807) is 17.5 Å². The lowest BCUT2D eigenvalue weighted by Gasteiger charge is -2.28. The molecule has 0 radical (unpaired) electrons. The van der Waals surface area contributed by atoms with Gasteiger partial charge in [-0.3, -0.25) is 0 Å². The molecule has 0 unspecified atom stereocenters. The number of rotatable bonds is 8. The van der Waals surface area contributed by atoms with E-state index in [1.165, 1.54) is 44.0 Å². The Balaban J connectivity index is 1.27. The van der Waals surface area contributed by atoms with Gasteiger partial charge in [0.2, 0.25) is 5.95 Å². The number of nitrogens with one attached hydrogen (secondary N) is 4. The highest BCUT2D eigenvalue weighted by Gasteiger charge is 2.17. The van der Waals surface area contributed by atoms with Crippen molar-refractivity contribution in [2.24, 2.45) is 0 Å². The molecule has 1 saturated heterocycles. The quantitative estimate of drug-likeness (QED) is 0.327. The predicted octanol–water partition coefficient (Wildman–Crippen LogP) is 5.29. The maximum absolute atomic E-state index is 7.85. The van der Waals surface area contributed by atoms with E-state index in [-0.39, 0.29) is 0 Å². The Morgan fingerprint density at radius 1 is 1.06 bits per heavy atom. The topological polar surface area (TPSA) is 98.2 Å². The van der Waals surface area contributed by atoms with Crippen molar-refractivity contribution >= 4 is 50.9 Å². The Bertz CT molecular complexity index is 1130. The van der Waals surface area contributed by atoms with Gasteiger partial charge in [0.15, 0.2) is 0 Å². The predicted molar refractivity (Wildman–Crippen MR) is 141 cm³/mol. The van der Waals surface area contributed by atoms with Crippen molar-refractivity contribution in [3.05, 3.63) is 47.6 Å². The number of benzene rings is 1. The van der Waals surface area contributed by atoms with Crippen LogP contribution in [0.5, 0.6) is 0 Å². The van der Waals surface area contributed by atoms with E-state index in [0.29, 0.717) is 17.7 Å². The largest absolute Gasteiger partial charge is 0.378 e. The molecule has 178 valence electrons. The lowest BCUT2D eigenvalue weighted by atomic mass is 9.95. The molecule has 2 fully saturated rings. The molecule has 0 bridgehead atoms. The minimum Gasteiger partial charge on any atom is -0.378 e. The van der Waals surface area contributed by atoms with Crippen LogP contribution in [0.4, 0.5) is 23.1 Å². The molecular formula is C25H31N7OS. The number of fused-ring (bicyclic) bond motifs is 1. The van der Waals surface area contributed by atoms with Crippen LogP contribution in [-0.2, 0) is 4.74 Å². The lowest BCUT2D eigenvalue weighted by Crippen LogP contribution is -2.36. The van der Waals surface area contributed by atoms with Crippen LogP contribution in [0.15, 0.2) is 47.6 Å². The van der Waals surface area contributed by atoms with Crippen molar-refractivity contribution < 1.29 is 4.74 Å². The zero-order valence-electron chi connectivity index (χ0n) is 19.2. The molecule has 0 amide bonds. The minimum absolute atomic E-state index is 0.460. The summed E-state index contributed by atoms with van der Waals surface area (Å²) < 4.78 is 6.51. The molecule has 3 heterocycles. The Hall–Kier alpha value is -3.17. The molecule has 34 heavy (non-hydrogen) atoms. The molecule has 0 spiro atoms. The van der Waals surface area contributed by atoms with Crippen LogP contribution < -0.4 is 20.9 Å². The van der Waals surface area contributed by atoms with Gasteiger partial charge in [0, 0.05) is 42.9 Å². The van der Waals surface area contributed by atoms with Gasteiger partial charge in [-0.05, 0) is 48.6 Å². The maximum Gasteiger partial charge on any atom is 0.229 e. The fourth-order valence-electron chi connectivity index (χ4n) is 4.45. The first kappa shape index (κ1) is 22.6. The standard InChI is InChI=1S/C25H31N7OS/c26-16-20(17-27-18-6-8-21(9-7-18)32-11-13-33-14-12-32)29-25-30-22-10-15-34-23(22)24(31-25)28-19-4-2-1-3-5-19/h6-10,15-17,19,26-27H,1-5,11-14H2,(H2,28,29,30,31)/b20-17+,26-16?. The van der Waals surface area contributed by atoms with E-state index in [0.717, 1.165) is 48.0 Å². The summed E-state index contributed by atoms with van der Waals surface area (Å²) in [5.41, 5.74) is 3.64. The van der Waals surface area contributed by atoms with Crippen LogP contribution in [0.3, 0.4) is 0 Å². The summed E-state index contributed by atoms with van der Waals surface area (Å²) in [5, 5.41) is 20.0. The molecule has 1 saturated carbocycles. The van der Waals surface area contributed by atoms with E-state index < -0.39 is 0 Å². The second kappa shape index (κ2) is 10.8. The molecule has 1 aromatic carbocycles. The van der Waals surface area contributed by atoms with Gasteiger partial charge in [0.25, 0.3) is 0 Å². The van der Waals surface area contributed by atoms with Gasteiger partial charge in [0.05, 0.1) is 29.1 Å². The molecule has 0 atom stereocenters.